The van der Waals surface area contributed by atoms with Crippen molar-refractivity contribution >= 4 is 0 Å². The zero-order valence-corrected chi connectivity index (χ0v) is 13.6. The monoisotopic (exact) mass is 308 g/mol. The normalized spacial score (nSPS) is 15.8. The fraction of sp³-hybridized carbons (Fsp3) is 0.227. The van der Waals surface area contributed by atoms with Crippen LogP contribution in [-0.2, 0) is 7.05 Å². The van der Waals surface area contributed by atoms with Crippen LogP contribution < -0.4 is 4.57 Å². The predicted octanol–water partition coefficient (Wildman–Crippen LogP) is 5.08. The zero-order chi connectivity index (χ0) is 21.6. The molecule has 0 amide bonds. The fourth-order valence-electron chi connectivity index (χ4n) is 2.87. The Labute approximate surface area is 147 Å². The molecule has 1 heteroatoms. The number of benzene rings is 2. The van der Waals surface area contributed by atoms with E-state index in [-0.39, 0.29) is 11.1 Å². The third-order valence-electron chi connectivity index (χ3n) is 4.16. The van der Waals surface area contributed by atoms with Gasteiger partial charge in [0, 0.05) is 25.9 Å². The van der Waals surface area contributed by atoms with Gasteiger partial charge in [-0.3, -0.25) is 0 Å². The summed E-state index contributed by atoms with van der Waals surface area (Å²) >= 11 is 0. The molecule has 0 unspecified atom stereocenters. The van der Waals surface area contributed by atoms with Crippen molar-refractivity contribution in [3.63, 3.8) is 0 Å². The third kappa shape index (κ3) is 2.92. The van der Waals surface area contributed by atoms with E-state index in [4.69, 9.17) is 8.22 Å². The van der Waals surface area contributed by atoms with E-state index in [0.717, 1.165) is 22.4 Å². The maximum absolute atomic E-state index is 8.03. The first-order chi connectivity index (χ1) is 13.4. The van der Waals surface area contributed by atoms with Gasteiger partial charge in [-0.05, 0) is 67.0 Å². The van der Waals surface area contributed by atoms with Gasteiger partial charge in [0.25, 0.3) is 0 Å². The summed E-state index contributed by atoms with van der Waals surface area (Å²) in [6.45, 7) is -0.830. The van der Waals surface area contributed by atoms with Crippen LogP contribution in [0.3, 0.4) is 0 Å². The Bertz CT molecular complexity index is 1060. The first kappa shape index (κ1) is 9.67. The number of rotatable bonds is 2. The van der Waals surface area contributed by atoms with E-state index in [1.54, 1.807) is 24.3 Å². The maximum atomic E-state index is 8.03. The van der Waals surface area contributed by atoms with Crippen LogP contribution in [0.5, 0.6) is 0 Å². The van der Waals surface area contributed by atoms with Crippen molar-refractivity contribution in [1.29, 1.82) is 0 Å². The second-order valence-corrected chi connectivity index (χ2v) is 5.96. The summed E-state index contributed by atoms with van der Waals surface area (Å²) in [6, 6.07) is 14.1. The molecule has 0 aliphatic rings. The van der Waals surface area contributed by atoms with E-state index in [1.165, 1.54) is 6.07 Å². The van der Waals surface area contributed by atoms with Gasteiger partial charge in [-0.1, -0.05) is 30.3 Å². The largest absolute Gasteiger partial charge is 0.212 e. The summed E-state index contributed by atoms with van der Waals surface area (Å²) in [6.07, 6.45) is 1.96. The van der Waals surface area contributed by atoms with Gasteiger partial charge in [0.05, 0.1) is 0 Å². The van der Waals surface area contributed by atoms with E-state index in [1.807, 2.05) is 49.9 Å². The van der Waals surface area contributed by atoms with Crippen LogP contribution in [0, 0.1) is 27.6 Å². The molecule has 0 aliphatic heterocycles. The minimum Gasteiger partial charge on any atom is -0.201 e. The van der Waals surface area contributed by atoms with Gasteiger partial charge in [0.15, 0.2) is 6.20 Å². The SMILES string of the molecule is [2H]C([2H])([2H])c1ccccc1-c1cc(-c2cc(C)cc[n+]2C)c(C)cc1C([2H])([2H])[2H]. The van der Waals surface area contributed by atoms with Crippen LogP contribution in [0.2, 0.25) is 0 Å². The summed E-state index contributed by atoms with van der Waals surface area (Å²) < 4.78 is 49.8. The first-order valence-electron chi connectivity index (χ1n) is 10.6. The molecule has 116 valence electrons. The average molecular weight is 308 g/mol. The third-order valence-corrected chi connectivity index (χ3v) is 4.16. The number of nitrogens with zero attached hydrogens (tertiary/aromatic N) is 1. The fourth-order valence-corrected chi connectivity index (χ4v) is 2.87. The lowest BCUT2D eigenvalue weighted by Gasteiger charge is -2.13. The van der Waals surface area contributed by atoms with E-state index in [0.29, 0.717) is 11.1 Å². The molecule has 0 bridgehead atoms. The Balaban J connectivity index is 2.39. The van der Waals surface area contributed by atoms with E-state index < -0.39 is 13.7 Å². The highest BCUT2D eigenvalue weighted by molar-refractivity contribution is 5.77. The lowest BCUT2D eigenvalue weighted by atomic mass is 9.91. The molecule has 1 heterocycles. The molecular weight excluding hydrogens is 278 g/mol. The molecule has 0 saturated carbocycles. The second-order valence-electron chi connectivity index (χ2n) is 5.96. The summed E-state index contributed by atoms with van der Waals surface area (Å²) in [5.41, 5.74) is 4.88. The topological polar surface area (TPSA) is 3.88 Å². The Morgan fingerprint density at radius 2 is 1.57 bits per heavy atom. The highest BCUT2D eigenvalue weighted by Gasteiger charge is 2.16. The molecule has 0 radical (unpaired) electrons. The zero-order valence-electron chi connectivity index (χ0n) is 19.6. The Morgan fingerprint density at radius 3 is 2.35 bits per heavy atom. The predicted molar refractivity (Wildman–Crippen MR) is 97.4 cm³/mol. The summed E-state index contributed by atoms with van der Waals surface area (Å²) in [4.78, 5) is 0. The first-order valence-corrected chi connectivity index (χ1v) is 7.61. The van der Waals surface area contributed by atoms with Crippen molar-refractivity contribution in [2.24, 2.45) is 7.05 Å². The van der Waals surface area contributed by atoms with Gasteiger partial charge in [-0.2, -0.15) is 0 Å². The second kappa shape index (κ2) is 6.00. The number of pyridine rings is 1. The van der Waals surface area contributed by atoms with Gasteiger partial charge >= 0.3 is 0 Å². The molecule has 0 spiro atoms. The number of aromatic nitrogens is 1. The Morgan fingerprint density at radius 1 is 0.783 bits per heavy atom. The van der Waals surface area contributed by atoms with Crippen molar-refractivity contribution in [2.75, 3.05) is 0 Å². The molecule has 2 aromatic carbocycles. The molecule has 0 aliphatic carbocycles. The summed E-state index contributed by atoms with van der Waals surface area (Å²) in [5.74, 6) is 0. The van der Waals surface area contributed by atoms with Crippen molar-refractivity contribution < 1.29 is 12.8 Å². The van der Waals surface area contributed by atoms with Crippen molar-refractivity contribution in [2.45, 2.75) is 27.6 Å². The lowest BCUT2D eigenvalue weighted by molar-refractivity contribution is -0.660. The Hall–Kier alpha value is -2.41. The molecule has 23 heavy (non-hydrogen) atoms. The van der Waals surface area contributed by atoms with Crippen LogP contribution in [0.4, 0.5) is 0 Å². The van der Waals surface area contributed by atoms with E-state index in [2.05, 4.69) is 0 Å². The van der Waals surface area contributed by atoms with Gasteiger partial charge in [-0.25, -0.2) is 4.57 Å². The minimum atomic E-state index is -2.37. The van der Waals surface area contributed by atoms with E-state index >= 15 is 0 Å². The highest BCUT2D eigenvalue weighted by atomic mass is 14.9. The van der Waals surface area contributed by atoms with E-state index in [9.17, 15) is 0 Å². The molecule has 3 rings (SSSR count). The highest BCUT2D eigenvalue weighted by Crippen LogP contribution is 2.32. The molecule has 0 saturated heterocycles. The lowest BCUT2D eigenvalue weighted by Crippen LogP contribution is -2.30. The molecule has 0 atom stereocenters. The van der Waals surface area contributed by atoms with Crippen LogP contribution in [0.25, 0.3) is 22.4 Å². The molecule has 0 fully saturated rings. The van der Waals surface area contributed by atoms with Crippen LogP contribution >= 0.6 is 0 Å². The quantitative estimate of drug-likeness (QED) is 0.581. The molecule has 1 nitrogen and oxygen atoms in total. The van der Waals surface area contributed by atoms with Gasteiger partial charge in [0.2, 0.25) is 5.69 Å². The minimum absolute atomic E-state index is 0.147. The Kier molecular flexibility index (Phi) is 2.52. The van der Waals surface area contributed by atoms with Gasteiger partial charge in [-0.15, -0.1) is 0 Å². The number of hydrogen-bond donors (Lipinski definition) is 0. The molecule has 3 aromatic rings. The van der Waals surface area contributed by atoms with Gasteiger partial charge in [0.1, 0.15) is 7.05 Å². The molecule has 1 aromatic heterocycles. The number of hydrogen-bond acceptors (Lipinski definition) is 0. The number of aryl methyl sites for hydroxylation is 5. The molecule has 0 N–H and O–H groups in total. The van der Waals surface area contributed by atoms with Gasteiger partial charge < -0.3 is 0 Å². The van der Waals surface area contributed by atoms with Crippen molar-refractivity contribution in [1.82, 2.24) is 0 Å². The van der Waals surface area contributed by atoms with Crippen LogP contribution in [-0.4, -0.2) is 0 Å². The smallest absolute Gasteiger partial charge is 0.201 e. The maximum Gasteiger partial charge on any atom is 0.212 e. The van der Waals surface area contributed by atoms with Crippen LogP contribution in [0.15, 0.2) is 54.7 Å². The summed E-state index contributed by atoms with van der Waals surface area (Å²) in [7, 11) is 1.93. The standard InChI is InChI=1S/C22H24N/c1-15-10-11-23(5)22(12-15)21-14-20(17(3)13-18(21)4)19-9-7-6-8-16(19)2/h6-14H,1-5H3/q+1/i2D3,3D3. The molecular formula is C22H24N+. The van der Waals surface area contributed by atoms with Crippen molar-refractivity contribution in [3.05, 3.63) is 77.0 Å². The average Bonchev–Trinajstić information content (AvgIpc) is 2.62. The van der Waals surface area contributed by atoms with Crippen molar-refractivity contribution in [3.8, 4) is 22.4 Å². The van der Waals surface area contributed by atoms with Crippen LogP contribution in [0.1, 0.15) is 30.5 Å². The summed E-state index contributed by atoms with van der Waals surface area (Å²) in [5, 5.41) is 0.